The molecule has 0 fully saturated rings. The molecule has 0 aliphatic carbocycles. The van der Waals surface area contributed by atoms with Crippen LogP contribution in [0.3, 0.4) is 0 Å². The van der Waals surface area contributed by atoms with Gasteiger partial charge >= 0.3 is 5.69 Å². The number of anilines is 1. The van der Waals surface area contributed by atoms with E-state index >= 15 is 0 Å². The van der Waals surface area contributed by atoms with E-state index in [0.29, 0.717) is 34.2 Å². The Morgan fingerprint density at radius 1 is 1.30 bits per heavy atom. The molecule has 11 heteroatoms. The minimum atomic E-state index is -0.981. The molecule has 0 spiro atoms. The fraction of sp³-hybridized carbons (Fsp3) is 0.421. The molecule has 2 heterocycles. The van der Waals surface area contributed by atoms with Crippen LogP contribution in [0.1, 0.15) is 13.8 Å². The Morgan fingerprint density at radius 3 is 2.70 bits per heavy atom. The Hall–Kier alpha value is -2.49. The topological polar surface area (TPSA) is 114 Å². The Balaban J connectivity index is 1.89. The Labute approximate surface area is 182 Å². The van der Waals surface area contributed by atoms with Crippen molar-refractivity contribution in [2.45, 2.75) is 26.5 Å². The van der Waals surface area contributed by atoms with Crippen LogP contribution in [0.15, 0.2) is 27.8 Å². The molecule has 30 heavy (non-hydrogen) atoms. The first kappa shape index (κ1) is 22.2. The Morgan fingerprint density at radius 2 is 2.03 bits per heavy atom. The van der Waals surface area contributed by atoms with E-state index in [9.17, 15) is 14.7 Å². The molecule has 1 atom stereocenters. The lowest BCUT2D eigenvalue weighted by Gasteiger charge is -2.17. The van der Waals surface area contributed by atoms with Crippen molar-refractivity contribution < 1.29 is 9.84 Å². The second-order valence-electron chi connectivity index (χ2n) is 7.35. The zero-order valence-corrected chi connectivity index (χ0v) is 18.3. The van der Waals surface area contributed by atoms with Gasteiger partial charge in [-0.1, -0.05) is 37.0 Å². The number of rotatable bonds is 8. The van der Waals surface area contributed by atoms with Crippen molar-refractivity contribution in [3.05, 3.63) is 49.1 Å². The van der Waals surface area contributed by atoms with Crippen molar-refractivity contribution in [3.63, 3.8) is 0 Å². The predicted molar refractivity (Wildman–Crippen MR) is 117 cm³/mol. The molecule has 0 aliphatic heterocycles. The zero-order chi connectivity index (χ0) is 22.0. The van der Waals surface area contributed by atoms with E-state index in [-0.39, 0.29) is 24.3 Å². The number of hydrogen-bond acceptors (Lipinski definition) is 6. The molecule has 0 radical (unpaired) electrons. The summed E-state index contributed by atoms with van der Waals surface area (Å²) in [6.07, 6.45) is -0.981. The van der Waals surface area contributed by atoms with Crippen molar-refractivity contribution in [1.29, 1.82) is 0 Å². The third-order valence-electron chi connectivity index (χ3n) is 4.39. The van der Waals surface area contributed by atoms with E-state index < -0.39 is 17.4 Å². The number of nitrogens with zero attached hydrogens (tertiary/aromatic N) is 3. The van der Waals surface area contributed by atoms with Crippen LogP contribution >= 0.6 is 23.2 Å². The maximum absolute atomic E-state index is 12.5. The highest BCUT2D eigenvalue weighted by Gasteiger charge is 2.20. The lowest BCUT2D eigenvalue weighted by Crippen LogP contribution is -2.31. The summed E-state index contributed by atoms with van der Waals surface area (Å²) in [6.45, 7) is 4.60. The quantitative estimate of drug-likeness (QED) is 0.479. The van der Waals surface area contributed by atoms with E-state index in [1.807, 2.05) is 13.8 Å². The number of fused-ring (bicyclic) bond motifs is 1. The lowest BCUT2D eigenvalue weighted by molar-refractivity contribution is 0.0939. The third-order valence-corrected chi connectivity index (χ3v) is 4.92. The first-order valence-electron chi connectivity index (χ1n) is 9.36. The SMILES string of the molecule is CC(C)CNc1nc2c(c(=O)[nH]c(=O)n2C)n1C[C@@H](O)COc1ccc(Cl)cc1Cl. The first-order chi connectivity index (χ1) is 14.2. The molecule has 0 saturated carbocycles. The number of aromatic amines is 1. The maximum atomic E-state index is 12.5. The largest absolute Gasteiger partial charge is 0.489 e. The second kappa shape index (κ2) is 9.11. The van der Waals surface area contributed by atoms with Crippen LogP contribution in [0.4, 0.5) is 5.95 Å². The van der Waals surface area contributed by atoms with Crippen molar-refractivity contribution in [2.24, 2.45) is 13.0 Å². The molecule has 0 bridgehead atoms. The summed E-state index contributed by atoms with van der Waals surface area (Å²) in [6, 6.07) is 4.79. The number of ether oxygens (including phenoxy) is 1. The van der Waals surface area contributed by atoms with Crippen molar-refractivity contribution in [2.75, 3.05) is 18.5 Å². The smallest absolute Gasteiger partial charge is 0.329 e. The van der Waals surface area contributed by atoms with Crippen molar-refractivity contribution >= 4 is 40.3 Å². The van der Waals surface area contributed by atoms with Gasteiger partial charge in [-0.15, -0.1) is 0 Å². The molecule has 162 valence electrons. The number of aromatic nitrogens is 4. The number of aliphatic hydroxyl groups excluding tert-OH is 1. The average Bonchev–Trinajstić information content (AvgIpc) is 3.02. The van der Waals surface area contributed by atoms with Gasteiger partial charge in [0.05, 0.1) is 11.6 Å². The molecule has 1 aromatic carbocycles. The molecule has 9 nitrogen and oxygen atoms in total. The number of halogens is 2. The third kappa shape index (κ3) is 4.80. The first-order valence-corrected chi connectivity index (χ1v) is 10.1. The van der Waals surface area contributed by atoms with Gasteiger partial charge < -0.3 is 19.7 Å². The highest BCUT2D eigenvalue weighted by atomic mass is 35.5. The van der Waals surface area contributed by atoms with Gasteiger partial charge in [0.25, 0.3) is 5.56 Å². The number of aryl methyl sites for hydroxylation is 1. The van der Waals surface area contributed by atoms with E-state index in [1.54, 1.807) is 22.8 Å². The fourth-order valence-corrected chi connectivity index (χ4v) is 3.35. The number of H-pyrrole nitrogens is 1. The number of benzene rings is 1. The lowest BCUT2D eigenvalue weighted by atomic mass is 10.2. The monoisotopic (exact) mass is 455 g/mol. The van der Waals surface area contributed by atoms with Gasteiger partial charge in [0.2, 0.25) is 5.95 Å². The summed E-state index contributed by atoms with van der Waals surface area (Å²) in [5.41, 5.74) is -0.725. The van der Waals surface area contributed by atoms with Crippen LogP contribution in [-0.2, 0) is 13.6 Å². The van der Waals surface area contributed by atoms with Crippen LogP contribution in [-0.4, -0.2) is 43.5 Å². The van der Waals surface area contributed by atoms with E-state index in [2.05, 4.69) is 15.3 Å². The number of nitrogens with one attached hydrogen (secondary N) is 2. The summed E-state index contributed by atoms with van der Waals surface area (Å²) in [5, 5.41) is 14.5. The Kier molecular flexibility index (Phi) is 6.74. The average molecular weight is 456 g/mol. The standard InChI is InChI=1S/C19H23Cl2N5O4/c1-10(2)7-22-18-23-16-15(17(28)24-19(29)25(16)3)26(18)8-12(27)9-30-14-5-4-11(20)6-13(14)21/h4-6,10,12,27H,7-9H2,1-3H3,(H,22,23)(H,24,28,29)/t12-/m1/s1. The normalized spacial score (nSPS) is 12.5. The summed E-state index contributed by atoms with van der Waals surface area (Å²) < 4.78 is 8.39. The molecular formula is C19H23Cl2N5O4. The molecule has 0 unspecified atom stereocenters. The molecule has 3 aromatic rings. The van der Waals surface area contributed by atoms with Crippen LogP contribution in [0.2, 0.25) is 10.0 Å². The Bertz CT molecular complexity index is 1170. The van der Waals surface area contributed by atoms with Gasteiger partial charge in [-0.2, -0.15) is 4.98 Å². The number of aliphatic hydroxyl groups is 1. The molecular weight excluding hydrogens is 433 g/mol. The summed E-state index contributed by atoms with van der Waals surface area (Å²) in [5.74, 6) is 1.09. The van der Waals surface area contributed by atoms with Gasteiger partial charge in [-0.25, -0.2) is 4.79 Å². The minimum absolute atomic E-state index is 0.0173. The molecule has 3 N–H and O–H groups in total. The van der Waals surface area contributed by atoms with Gasteiger partial charge in [-0.3, -0.25) is 14.3 Å². The summed E-state index contributed by atoms with van der Waals surface area (Å²) in [7, 11) is 1.52. The maximum Gasteiger partial charge on any atom is 0.329 e. The van der Waals surface area contributed by atoms with E-state index in [4.69, 9.17) is 27.9 Å². The van der Waals surface area contributed by atoms with Crippen LogP contribution in [0.5, 0.6) is 5.75 Å². The van der Waals surface area contributed by atoms with Crippen molar-refractivity contribution in [1.82, 2.24) is 19.1 Å². The molecule has 3 rings (SSSR count). The van der Waals surface area contributed by atoms with E-state index in [1.165, 1.54) is 11.6 Å². The van der Waals surface area contributed by atoms with Crippen molar-refractivity contribution in [3.8, 4) is 5.75 Å². The summed E-state index contributed by atoms with van der Waals surface area (Å²) >= 11 is 12.0. The molecule has 0 saturated heterocycles. The van der Waals surface area contributed by atoms with Crippen LogP contribution < -0.4 is 21.3 Å². The van der Waals surface area contributed by atoms with Gasteiger partial charge in [0, 0.05) is 18.6 Å². The molecule has 2 aromatic heterocycles. The number of imidazole rings is 1. The number of hydrogen-bond donors (Lipinski definition) is 3. The van der Waals surface area contributed by atoms with Crippen LogP contribution in [0.25, 0.3) is 11.2 Å². The van der Waals surface area contributed by atoms with Gasteiger partial charge in [0.1, 0.15) is 18.5 Å². The van der Waals surface area contributed by atoms with E-state index in [0.717, 1.165) is 0 Å². The van der Waals surface area contributed by atoms with Gasteiger partial charge in [-0.05, 0) is 24.1 Å². The fourth-order valence-electron chi connectivity index (χ4n) is 2.88. The molecule has 0 aliphatic rings. The highest BCUT2D eigenvalue weighted by Crippen LogP contribution is 2.27. The second-order valence-corrected chi connectivity index (χ2v) is 8.19. The predicted octanol–water partition coefficient (Wildman–Crippen LogP) is 2.24. The molecule has 0 amide bonds. The van der Waals surface area contributed by atoms with Crippen LogP contribution in [0, 0.1) is 5.92 Å². The summed E-state index contributed by atoms with van der Waals surface area (Å²) in [4.78, 5) is 31.1. The highest BCUT2D eigenvalue weighted by molar-refractivity contribution is 6.35. The minimum Gasteiger partial charge on any atom is -0.489 e. The zero-order valence-electron chi connectivity index (χ0n) is 16.8. The van der Waals surface area contributed by atoms with Gasteiger partial charge in [0.15, 0.2) is 11.2 Å².